The van der Waals surface area contributed by atoms with Gasteiger partial charge in [0.15, 0.2) is 6.61 Å². The highest BCUT2D eigenvalue weighted by molar-refractivity contribution is 5.96. The van der Waals surface area contributed by atoms with Gasteiger partial charge in [-0.25, -0.2) is 15.0 Å². The quantitative estimate of drug-likeness (QED) is 0.665. The molecular formula is C19H24F3N5O2. The van der Waals surface area contributed by atoms with E-state index in [-0.39, 0.29) is 11.4 Å². The van der Waals surface area contributed by atoms with Crippen molar-refractivity contribution in [3.8, 4) is 5.88 Å². The van der Waals surface area contributed by atoms with Crippen molar-refractivity contribution in [3.05, 3.63) is 41.3 Å². The molecular weight excluding hydrogens is 387 g/mol. The van der Waals surface area contributed by atoms with Crippen LogP contribution in [0.1, 0.15) is 28.7 Å². The summed E-state index contributed by atoms with van der Waals surface area (Å²) in [6.45, 7) is 5.17. The standard InChI is InChI=1S/C19H24F3N5O2/c1-5-27(10-9-26(4)18-24-13(2)11-14(3)25-18)17(28)15-7-6-8-23-16(15)29-12-19(20,21)22/h6-8,11H,5,9-10,12H2,1-4H3. The first-order valence-electron chi connectivity index (χ1n) is 9.08. The van der Waals surface area contributed by atoms with Gasteiger partial charge in [0.25, 0.3) is 5.91 Å². The number of aromatic nitrogens is 3. The molecule has 2 rings (SSSR count). The molecule has 0 aliphatic carbocycles. The topological polar surface area (TPSA) is 71.5 Å². The Morgan fingerprint density at radius 2 is 1.83 bits per heavy atom. The first-order valence-corrected chi connectivity index (χ1v) is 9.08. The molecule has 0 aliphatic rings. The van der Waals surface area contributed by atoms with Crippen molar-refractivity contribution in [3.63, 3.8) is 0 Å². The minimum atomic E-state index is -4.52. The molecule has 0 fully saturated rings. The predicted molar refractivity (Wildman–Crippen MR) is 102 cm³/mol. The van der Waals surface area contributed by atoms with Crippen molar-refractivity contribution in [1.82, 2.24) is 19.9 Å². The van der Waals surface area contributed by atoms with E-state index in [2.05, 4.69) is 15.0 Å². The maximum atomic E-state index is 12.9. The Kier molecular flexibility index (Phi) is 7.35. The van der Waals surface area contributed by atoms with Crippen LogP contribution in [0.25, 0.3) is 0 Å². The minimum absolute atomic E-state index is 0.0103. The van der Waals surface area contributed by atoms with Crippen molar-refractivity contribution in [2.45, 2.75) is 26.9 Å². The summed E-state index contributed by atoms with van der Waals surface area (Å²) in [7, 11) is 1.81. The van der Waals surface area contributed by atoms with Gasteiger partial charge in [0.05, 0.1) is 0 Å². The maximum Gasteiger partial charge on any atom is 0.422 e. The molecule has 0 saturated heterocycles. The average Bonchev–Trinajstić information content (AvgIpc) is 2.65. The molecule has 2 heterocycles. The molecule has 0 unspecified atom stereocenters. The number of rotatable bonds is 8. The third-order valence-corrected chi connectivity index (χ3v) is 4.06. The molecule has 0 aromatic carbocycles. The van der Waals surface area contributed by atoms with E-state index in [1.54, 1.807) is 6.92 Å². The molecule has 10 heteroatoms. The van der Waals surface area contributed by atoms with Crippen molar-refractivity contribution >= 4 is 11.9 Å². The Balaban J connectivity index is 2.09. The van der Waals surface area contributed by atoms with E-state index in [0.717, 1.165) is 11.4 Å². The lowest BCUT2D eigenvalue weighted by molar-refractivity contribution is -0.154. The fourth-order valence-electron chi connectivity index (χ4n) is 2.64. The van der Waals surface area contributed by atoms with Crippen LogP contribution in [0.5, 0.6) is 5.88 Å². The number of carbonyl (C=O) groups excluding carboxylic acids is 1. The summed E-state index contributed by atoms with van der Waals surface area (Å²) in [5.74, 6) is -0.242. The van der Waals surface area contributed by atoms with E-state index >= 15 is 0 Å². The van der Waals surface area contributed by atoms with E-state index in [1.807, 2.05) is 31.9 Å². The van der Waals surface area contributed by atoms with Gasteiger partial charge in [0, 0.05) is 44.3 Å². The van der Waals surface area contributed by atoms with Crippen LogP contribution in [-0.2, 0) is 0 Å². The molecule has 0 radical (unpaired) electrons. The van der Waals surface area contributed by atoms with Crippen LogP contribution in [-0.4, -0.2) is 65.2 Å². The molecule has 0 aliphatic heterocycles. The van der Waals surface area contributed by atoms with E-state index in [9.17, 15) is 18.0 Å². The zero-order valence-corrected chi connectivity index (χ0v) is 16.8. The number of pyridine rings is 1. The normalized spacial score (nSPS) is 11.3. The number of anilines is 1. The monoisotopic (exact) mass is 411 g/mol. The van der Waals surface area contributed by atoms with E-state index < -0.39 is 18.7 Å². The molecule has 0 bridgehead atoms. The number of amides is 1. The molecule has 29 heavy (non-hydrogen) atoms. The zero-order valence-electron chi connectivity index (χ0n) is 16.8. The molecule has 0 saturated carbocycles. The second-order valence-electron chi connectivity index (χ2n) is 6.52. The van der Waals surface area contributed by atoms with Gasteiger partial charge in [-0.1, -0.05) is 0 Å². The third-order valence-electron chi connectivity index (χ3n) is 4.06. The van der Waals surface area contributed by atoms with E-state index in [4.69, 9.17) is 4.74 Å². The number of halogens is 3. The van der Waals surface area contributed by atoms with E-state index in [0.29, 0.717) is 25.6 Å². The summed E-state index contributed by atoms with van der Waals surface area (Å²) >= 11 is 0. The Labute approximate surface area is 167 Å². The van der Waals surface area contributed by atoms with Gasteiger partial charge in [-0.05, 0) is 39.0 Å². The number of alkyl halides is 3. The maximum absolute atomic E-state index is 12.9. The van der Waals surface area contributed by atoms with Gasteiger partial charge in [-0.2, -0.15) is 13.2 Å². The first-order chi connectivity index (χ1) is 13.6. The summed E-state index contributed by atoms with van der Waals surface area (Å²) < 4.78 is 42.1. The molecule has 0 atom stereocenters. The number of nitrogens with zero attached hydrogens (tertiary/aromatic N) is 5. The number of likely N-dealkylation sites (N-methyl/N-ethyl adjacent to an activating group) is 2. The van der Waals surface area contributed by atoms with Crippen molar-refractivity contribution in [1.29, 1.82) is 0 Å². The molecule has 158 valence electrons. The second kappa shape index (κ2) is 9.53. The number of ether oxygens (including phenoxy) is 1. The fraction of sp³-hybridized carbons (Fsp3) is 0.474. The van der Waals surface area contributed by atoms with Gasteiger partial charge in [-0.15, -0.1) is 0 Å². The molecule has 1 amide bonds. The van der Waals surface area contributed by atoms with Crippen LogP contribution in [0, 0.1) is 13.8 Å². The van der Waals surface area contributed by atoms with Crippen molar-refractivity contribution in [2.75, 3.05) is 38.2 Å². The van der Waals surface area contributed by atoms with Crippen LogP contribution >= 0.6 is 0 Å². The van der Waals surface area contributed by atoms with Crippen LogP contribution in [0.3, 0.4) is 0 Å². The smallest absolute Gasteiger partial charge is 0.422 e. The van der Waals surface area contributed by atoms with Crippen molar-refractivity contribution < 1.29 is 22.7 Å². The van der Waals surface area contributed by atoms with Gasteiger partial charge < -0.3 is 14.5 Å². The van der Waals surface area contributed by atoms with Gasteiger partial charge in [-0.3, -0.25) is 4.79 Å². The Morgan fingerprint density at radius 1 is 1.17 bits per heavy atom. The Bertz CT molecular complexity index is 825. The van der Waals surface area contributed by atoms with Gasteiger partial charge in [0.2, 0.25) is 11.8 Å². The summed E-state index contributed by atoms with van der Waals surface area (Å²) in [5.41, 5.74) is 1.66. The zero-order chi connectivity index (χ0) is 21.6. The summed E-state index contributed by atoms with van der Waals surface area (Å²) in [4.78, 5) is 28.7. The highest BCUT2D eigenvalue weighted by Crippen LogP contribution is 2.21. The second-order valence-corrected chi connectivity index (χ2v) is 6.52. The van der Waals surface area contributed by atoms with Crippen molar-refractivity contribution in [2.24, 2.45) is 0 Å². The van der Waals surface area contributed by atoms with Crippen LogP contribution < -0.4 is 9.64 Å². The lowest BCUT2D eigenvalue weighted by Gasteiger charge is -2.25. The lowest BCUT2D eigenvalue weighted by Crippen LogP contribution is -2.38. The lowest BCUT2D eigenvalue weighted by atomic mass is 10.2. The summed E-state index contributed by atoms with van der Waals surface area (Å²) in [6.07, 6.45) is -3.24. The minimum Gasteiger partial charge on any atom is -0.467 e. The van der Waals surface area contributed by atoms with Crippen LogP contribution in [0.4, 0.5) is 19.1 Å². The molecule has 2 aromatic heterocycles. The van der Waals surface area contributed by atoms with Gasteiger partial charge >= 0.3 is 6.18 Å². The van der Waals surface area contributed by atoms with E-state index in [1.165, 1.54) is 23.2 Å². The average molecular weight is 411 g/mol. The largest absolute Gasteiger partial charge is 0.467 e. The first kappa shape index (κ1) is 22.4. The predicted octanol–water partition coefficient (Wildman–Crippen LogP) is 3.03. The fourth-order valence-corrected chi connectivity index (χ4v) is 2.64. The molecule has 2 aromatic rings. The third kappa shape index (κ3) is 6.58. The SMILES string of the molecule is CCN(CCN(C)c1nc(C)cc(C)n1)C(=O)c1cccnc1OCC(F)(F)F. The number of carbonyl (C=O) groups is 1. The van der Waals surface area contributed by atoms with Crippen LogP contribution in [0.15, 0.2) is 24.4 Å². The summed E-state index contributed by atoms with van der Waals surface area (Å²) in [6, 6.07) is 4.75. The van der Waals surface area contributed by atoms with Gasteiger partial charge in [0.1, 0.15) is 5.56 Å². The van der Waals surface area contributed by atoms with Crippen LogP contribution in [0.2, 0.25) is 0 Å². The Hall–Kier alpha value is -2.91. The number of hydrogen-bond donors (Lipinski definition) is 0. The molecule has 0 N–H and O–H groups in total. The Morgan fingerprint density at radius 3 is 2.41 bits per heavy atom. The highest BCUT2D eigenvalue weighted by Gasteiger charge is 2.30. The molecule has 0 spiro atoms. The number of aryl methyl sites for hydroxylation is 2. The summed E-state index contributed by atoms with van der Waals surface area (Å²) in [5, 5.41) is 0. The number of hydrogen-bond acceptors (Lipinski definition) is 6. The highest BCUT2D eigenvalue weighted by atomic mass is 19.4. The molecule has 7 nitrogen and oxygen atoms in total.